The van der Waals surface area contributed by atoms with E-state index in [1.807, 2.05) is 6.92 Å². The van der Waals surface area contributed by atoms with Gasteiger partial charge in [-0.15, -0.1) is 0 Å². The van der Waals surface area contributed by atoms with E-state index in [1.165, 1.54) is 6.07 Å². The van der Waals surface area contributed by atoms with E-state index >= 15 is 0 Å². The molecule has 1 aromatic rings. The summed E-state index contributed by atoms with van der Waals surface area (Å²) in [5, 5.41) is 0. The normalized spacial score (nSPS) is 19.1. The summed E-state index contributed by atoms with van der Waals surface area (Å²) < 4.78 is 19.2. The Bertz CT molecular complexity index is 359. The highest BCUT2D eigenvalue weighted by molar-refractivity contribution is 5.43. The third-order valence-electron chi connectivity index (χ3n) is 2.97. The molecule has 82 valence electrons. The summed E-state index contributed by atoms with van der Waals surface area (Å²) in [4.78, 5) is 0. The number of halogens is 1. The molecule has 0 radical (unpaired) electrons. The highest BCUT2D eigenvalue weighted by atomic mass is 19.1. The van der Waals surface area contributed by atoms with Gasteiger partial charge in [0.05, 0.1) is 0 Å². The molecule has 0 spiro atoms. The van der Waals surface area contributed by atoms with E-state index in [4.69, 9.17) is 10.5 Å². The smallest absolute Gasteiger partial charge is 0.167 e. The molecule has 3 heteroatoms. The van der Waals surface area contributed by atoms with Crippen LogP contribution in [0.3, 0.4) is 0 Å². The fourth-order valence-corrected chi connectivity index (χ4v) is 2.09. The molecule has 0 atom stereocenters. The average molecular weight is 209 g/mol. The number of rotatable bonds is 2. The Balaban J connectivity index is 2.16. The van der Waals surface area contributed by atoms with Crippen molar-refractivity contribution in [3.05, 3.63) is 24.0 Å². The van der Waals surface area contributed by atoms with Crippen molar-refractivity contribution >= 4 is 5.69 Å². The first-order valence-corrected chi connectivity index (χ1v) is 5.33. The van der Waals surface area contributed by atoms with Crippen molar-refractivity contribution < 1.29 is 9.13 Å². The molecule has 2 rings (SSSR count). The minimum atomic E-state index is -0.372. The first kappa shape index (κ1) is 10.3. The lowest BCUT2D eigenvalue weighted by Crippen LogP contribution is -2.28. The lowest BCUT2D eigenvalue weighted by Gasteiger charge is -2.25. The van der Waals surface area contributed by atoms with Crippen molar-refractivity contribution in [3.63, 3.8) is 0 Å². The highest BCUT2D eigenvalue weighted by Gasteiger charge is 2.31. The van der Waals surface area contributed by atoms with E-state index in [9.17, 15) is 4.39 Å². The molecule has 1 aliphatic carbocycles. The predicted octanol–water partition coefficient (Wildman–Crippen LogP) is 3.12. The van der Waals surface area contributed by atoms with Crippen LogP contribution in [0.25, 0.3) is 0 Å². The molecule has 15 heavy (non-hydrogen) atoms. The van der Waals surface area contributed by atoms with Gasteiger partial charge in [-0.1, -0.05) is 0 Å². The minimum Gasteiger partial charge on any atom is -0.485 e. The van der Waals surface area contributed by atoms with Crippen LogP contribution < -0.4 is 10.5 Å². The number of benzene rings is 1. The standard InChI is InChI=1S/C12H16FNO/c1-12(6-2-3-7-12)15-11-5-4-9(14)8-10(11)13/h4-5,8H,2-3,6-7,14H2,1H3. The molecule has 0 bridgehead atoms. The molecular weight excluding hydrogens is 193 g/mol. The summed E-state index contributed by atoms with van der Waals surface area (Å²) in [6, 6.07) is 4.57. The second-order valence-corrected chi connectivity index (χ2v) is 4.45. The Morgan fingerprint density at radius 2 is 2.00 bits per heavy atom. The van der Waals surface area contributed by atoms with E-state index < -0.39 is 0 Å². The van der Waals surface area contributed by atoms with Crippen LogP contribution in [0, 0.1) is 5.82 Å². The lowest BCUT2D eigenvalue weighted by atomic mass is 10.1. The predicted molar refractivity (Wildman–Crippen MR) is 58.3 cm³/mol. The maximum absolute atomic E-state index is 13.5. The number of ether oxygens (including phenoxy) is 1. The second-order valence-electron chi connectivity index (χ2n) is 4.45. The summed E-state index contributed by atoms with van der Waals surface area (Å²) in [5.41, 5.74) is 5.70. The van der Waals surface area contributed by atoms with Crippen molar-refractivity contribution in [1.29, 1.82) is 0 Å². The van der Waals surface area contributed by atoms with E-state index in [0.717, 1.165) is 25.7 Å². The molecule has 2 nitrogen and oxygen atoms in total. The SMILES string of the molecule is CC1(Oc2ccc(N)cc2F)CCCC1. The van der Waals surface area contributed by atoms with E-state index in [1.54, 1.807) is 12.1 Å². The van der Waals surface area contributed by atoms with Gasteiger partial charge in [0.1, 0.15) is 5.60 Å². The molecular formula is C12H16FNO. The molecule has 2 N–H and O–H groups in total. The first-order valence-electron chi connectivity index (χ1n) is 5.33. The number of anilines is 1. The first-order chi connectivity index (χ1) is 7.09. The van der Waals surface area contributed by atoms with Gasteiger partial charge >= 0.3 is 0 Å². The van der Waals surface area contributed by atoms with E-state index in [-0.39, 0.29) is 11.4 Å². The van der Waals surface area contributed by atoms with Crippen molar-refractivity contribution in [2.45, 2.75) is 38.2 Å². The van der Waals surface area contributed by atoms with Crippen LogP contribution in [0.15, 0.2) is 18.2 Å². The molecule has 1 aliphatic rings. The number of nitrogen functional groups attached to an aromatic ring is 1. The molecule has 1 aromatic carbocycles. The zero-order valence-corrected chi connectivity index (χ0v) is 8.92. The van der Waals surface area contributed by atoms with Crippen LogP contribution in [0.2, 0.25) is 0 Å². The van der Waals surface area contributed by atoms with Crippen molar-refractivity contribution in [2.24, 2.45) is 0 Å². The topological polar surface area (TPSA) is 35.2 Å². The minimum absolute atomic E-state index is 0.197. The van der Waals surface area contributed by atoms with Gasteiger partial charge in [0.15, 0.2) is 11.6 Å². The van der Waals surface area contributed by atoms with Gasteiger partial charge in [-0.25, -0.2) is 4.39 Å². The molecule has 1 fully saturated rings. The molecule has 0 amide bonds. The fraction of sp³-hybridized carbons (Fsp3) is 0.500. The summed E-state index contributed by atoms with van der Waals surface area (Å²) in [5.74, 6) is -0.0586. The third kappa shape index (κ3) is 2.22. The second kappa shape index (κ2) is 3.72. The van der Waals surface area contributed by atoms with E-state index in [0.29, 0.717) is 11.4 Å². The van der Waals surface area contributed by atoms with Crippen LogP contribution in [0.5, 0.6) is 5.75 Å². The molecule has 0 saturated heterocycles. The Morgan fingerprint density at radius 3 is 2.60 bits per heavy atom. The monoisotopic (exact) mass is 209 g/mol. The van der Waals surface area contributed by atoms with Gasteiger partial charge in [-0.05, 0) is 44.7 Å². The number of hydrogen-bond donors (Lipinski definition) is 1. The van der Waals surface area contributed by atoms with Crippen LogP contribution >= 0.6 is 0 Å². The van der Waals surface area contributed by atoms with Gasteiger partial charge in [-0.2, -0.15) is 0 Å². The van der Waals surface area contributed by atoms with Gasteiger partial charge in [0.25, 0.3) is 0 Å². The maximum Gasteiger partial charge on any atom is 0.167 e. The molecule has 0 unspecified atom stereocenters. The lowest BCUT2D eigenvalue weighted by molar-refractivity contribution is 0.0914. The quantitative estimate of drug-likeness (QED) is 0.759. The zero-order valence-electron chi connectivity index (χ0n) is 8.92. The molecule has 0 heterocycles. The Hall–Kier alpha value is -1.25. The van der Waals surface area contributed by atoms with Crippen LogP contribution in [0.1, 0.15) is 32.6 Å². The zero-order chi connectivity index (χ0) is 10.9. The largest absolute Gasteiger partial charge is 0.485 e. The number of nitrogens with two attached hydrogens (primary N) is 1. The van der Waals surface area contributed by atoms with Gasteiger partial charge in [0.2, 0.25) is 0 Å². The van der Waals surface area contributed by atoms with E-state index in [2.05, 4.69) is 0 Å². The Labute approximate surface area is 89.2 Å². The van der Waals surface area contributed by atoms with Crippen LogP contribution in [-0.4, -0.2) is 5.60 Å². The Morgan fingerprint density at radius 1 is 1.33 bits per heavy atom. The maximum atomic E-state index is 13.5. The molecule has 0 aliphatic heterocycles. The van der Waals surface area contributed by atoms with Crippen molar-refractivity contribution in [2.75, 3.05) is 5.73 Å². The number of hydrogen-bond acceptors (Lipinski definition) is 2. The van der Waals surface area contributed by atoms with Crippen molar-refractivity contribution in [3.8, 4) is 5.75 Å². The Kier molecular flexibility index (Phi) is 2.55. The van der Waals surface area contributed by atoms with Crippen LogP contribution in [-0.2, 0) is 0 Å². The third-order valence-corrected chi connectivity index (χ3v) is 2.97. The summed E-state index contributed by atoms with van der Waals surface area (Å²) >= 11 is 0. The van der Waals surface area contributed by atoms with Gasteiger partial charge < -0.3 is 10.5 Å². The van der Waals surface area contributed by atoms with Crippen molar-refractivity contribution in [1.82, 2.24) is 0 Å². The van der Waals surface area contributed by atoms with Gasteiger partial charge in [-0.3, -0.25) is 0 Å². The fourth-order valence-electron chi connectivity index (χ4n) is 2.09. The van der Waals surface area contributed by atoms with Gasteiger partial charge in [0, 0.05) is 11.8 Å². The molecule has 0 aromatic heterocycles. The average Bonchev–Trinajstić information content (AvgIpc) is 2.58. The summed E-state index contributed by atoms with van der Waals surface area (Å²) in [7, 11) is 0. The summed E-state index contributed by atoms with van der Waals surface area (Å²) in [6.45, 7) is 2.04. The molecule has 1 saturated carbocycles. The van der Waals surface area contributed by atoms with Crippen LogP contribution in [0.4, 0.5) is 10.1 Å². The summed E-state index contributed by atoms with van der Waals surface area (Å²) in [6.07, 6.45) is 4.31. The highest BCUT2D eigenvalue weighted by Crippen LogP contribution is 2.35.